The highest BCUT2D eigenvalue weighted by molar-refractivity contribution is 5.76. The molecule has 4 rings (SSSR count). The number of amides is 1. The SMILES string of the molecule is CC(NC(=O)CCc1nnc(-c2ccc(OCc3cccc(F)c3)cc2)[nH]c1=O)c1ccccc1. The van der Waals surface area contributed by atoms with Gasteiger partial charge in [-0.1, -0.05) is 42.5 Å². The first kappa shape index (κ1) is 23.8. The Morgan fingerprint density at radius 3 is 2.51 bits per heavy atom. The maximum absolute atomic E-state index is 13.3. The van der Waals surface area contributed by atoms with E-state index in [1.807, 2.05) is 37.3 Å². The topological polar surface area (TPSA) is 97.0 Å². The normalized spacial score (nSPS) is 11.6. The average molecular weight is 473 g/mol. The Hall–Kier alpha value is -4.33. The van der Waals surface area contributed by atoms with Crippen molar-refractivity contribution in [3.05, 3.63) is 112 Å². The average Bonchev–Trinajstić information content (AvgIpc) is 2.87. The van der Waals surface area contributed by atoms with Gasteiger partial charge in [0.2, 0.25) is 5.91 Å². The van der Waals surface area contributed by atoms with Gasteiger partial charge in [-0.05, 0) is 54.4 Å². The van der Waals surface area contributed by atoms with Gasteiger partial charge in [-0.15, -0.1) is 10.2 Å². The number of halogens is 1. The number of rotatable bonds is 9. The number of carbonyl (C=O) groups is 1. The molecule has 35 heavy (non-hydrogen) atoms. The van der Waals surface area contributed by atoms with Crippen molar-refractivity contribution < 1.29 is 13.9 Å². The molecule has 2 N–H and O–H groups in total. The highest BCUT2D eigenvalue weighted by Gasteiger charge is 2.12. The summed E-state index contributed by atoms with van der Waals surface area (Å²) in [4.78, 5) is 27.5. The number of aromatic nitrogens is 3. The van der Waals surface area contributed by atoms with Gasteiger partial charge in [0.05, 0.1) is 6.04 Å². The van der Waals surface area contributed by atoms with Crippen LogP contribution in [-0.2, 0) is 17.8 Å². The quantitative estimate of drug-likeness (QED) is 0.377. The molecule has 0 aliphatic carbocycles. The molecule has 0 aliphatic rings. The number of benzene rings is 3. The molecule has 0 saturated carbocycles. The van der Waals surface area contributed by atoms with Crippen molar-refractivity contribution in [1.29, 1.82) is 0 Å². The second kappa shape index (κ2) is 11.2. The largest absolute Gasteiger partial charge is 0.489 e. The fourth-order valence-corrected chi connectivity index (χ4v) is 3.53. The molecule has 0 saturated heterocycles. The molecular weight excluding hydrogens is 447 g/mol. The lowest BCUT2D eigenvalue weighted by molar-refractivity contribution is -0.121. The molecule has 7 nitrogen and oxygen atoms in total. The van der Waals surface area contributed by atoms with Gasteiger partial charge in [-0.2, -0.15) is 0 Å². The molecule has 1 atom stereocenters. The zero-order valence-corrected chi connectivity index (χ0v) is 19.2. The van der Waals surface area contributed by atoms with Crippen LogP contribution in [0.5, 0.6) is 5.75 Å². The molecule has 0 fully saturated rings. The van der Waals surface area contributed by atoms with E-state index in [4.69, 9.17) is 4.74 Å². The summed E-state index contributed by atoms with van der Waals surface area (Å²) in [6, 6.07) is 22.7. The first-order valence-electron chi connectivity index (χ1n) is 11.3. The van der Waals surface area contributed by atoms with E-state index in [9.17, 15) is 14.0 Å². The Morgan fingerprint density at radius 1 is 1.03 bits per heavy atom. The Bertz CT molecular complexity index is 1340. The Morgan fingerprint density at radius 2 is 1.80 bits per heavy atom. The minimum Gasteiger partial charge on any atom is -0.489 e. The van der Waals surface area contributed by atoms with Crippen LogP contribution < -0.4 is 15.6 Å². The number of nitrogens with zero attached hydrogens (tertiary/aromatic N) is 2. The summed E-state index contributed by atoms with van der Waals surface area (Å²) in [5, 5.41) is 11.1. The predicted molar refractivity (Wildman–Crippen MR) is 130 cm³/mol. The fraction of sp³-hybridized carbons (Fsp3) is 0.185. The minimum atomic E-state index is -0.384. The van der Waals surface area contributed by atoms with Crippen LogP contribution in [0, 0.1) is 5.82 Å². The first-order chi connectivity index (χ1) is 17.0. The molecule has 178 valence electrons. The standard InChI is InChI=1S/C27H25FN4O3/c1-18(20-7-3-2-4-8-20)29-25(33)15-14-24-27(34)30-26(32-31-24)21-10-12-23(13-11-21)35-17-19-6-5-9-22(28)16-19/h2-13,16,18H,14-15,17H2,1H3,(H,29,33)(H,30,32,34). The van der Waals surface area contributed by atoms with Crippen LogP contribution in [0.4, 0.5) is 4.39 Å². The van der Waals surface area contributed by atoms with E-state index in [0.29, 0.717) is 17.1 Å². The van der Waals surface area contributed by atoms with Crippen LogP contribution in [0.25, 0.3) is 11.4 Å². The predicted octanol–water partition coefficient (Wildman–Crippen LogP) is 4.36. The zero-order chi connectivity index (χ0) is 24.6. The van der Waals surface area contributed by atoms with Crippen molar-refractivity contribution in [1.82, 2.24) is 20.5 Å². The van der Waals surface area contributed by atoms with Gasteiger partial charge in [-0.25, -0.2) is 4.39 Å². The summed E-state index contributed by atoms with van der Waals surface area (Å²) in [6.45, 7) is 2.15. The molecule has 3 aromatic carbocycles. The minimum absolute atomic E-state index is 0.128. The van der Waals surface area contributed by atoms with Gasteiger partial charge in [0.25, 0.3) is 5.56 Å². The van der Waals surface area contributed by atoms with Crippen molar-refractivity contribution >= 4 is 5.91 Å². The fourth-order valence-electron chi connectivity index (χ4n) is 3.53. The lowest BCUT2D eigenvalue weighted by Gasteiger charge is -2.14. The van der Waals surface area contributed by atoms with E-state index in [1.54, 1.807) is 36.4 Å². The van der Waals surface area contributed by atoms with Crippen LogP contribution >= 0.6 is 0 Å². The van der Waals surface area contributed by atoms with Gasteiger partial charge in [-0.3, -0.25) is 9.59 Å². The number of nitrogens with one attached hydrogen (secondary N) is 2. The molecule has 1 heterocycles. The maximum Gasteiger partial charge on any atom is 0.273 e. The van der Waals surface area contributed by atoms with Crippen molar-refractivity contribution in [2.24, 2.45) is 0 Å². The molecule has 8 heteroatoms. The molecule has 1 aromatic heterocycles. The smallest absolute Gasteiger partial charge is 0.273 e. The van der Waals surface area contributed by atoms with Gasteiger partial charge in [0.15, 0.2) is 5.82 Å². The first-order valence-corrected chi connectivity index (χ1v) is 11.3. The maximum atomic E-state index is 13.3. The van der Waals surface area contributed by atoms with Crippen LogP contribution in [0.3, 0.4) is 0 Å². The molecule has 1 unspecified atom stereocenters. The number of H-pyrrole nitrogens is 1. The molecule has 0 radical (unpaired) electrons. The summed E-state index contributed by atoms with van der Waals surface area (Å²) in [7, 11) is 0. The lowest BCUT2D eigenvalue weighted by Crippen LogP contribution is -2.28. The Labute approximate surface area is 202 Å². The third-order valence-corrected chi connectivity index (χ3v) is 5.45. The van der Waals surface area contributed by atoms with Crippen molar-refractivity contribution in [3.8, 4) is 17.1 Å². The Balaban J connectivity index is 1.32. The van der Waals surface area contributed by atoms with Crippen LogP contribution in [0.15, 0.2) is 83.7 Å². The summed E-state index contributed by atoms with van der Waals surface area (Å²) >= 11 is 0. The second-order valence-electron chi connectivity index (χ2n) is 8.09. The summed E-state index contributed by atoms with van der Waals surface area (Å²) in [5.41, 5.74) is 2.21. The highest BCUT2D eigenvalue weighted by Crippen LogP contribution is 2.19. The molecule has 1 amide bonds. The molecule has 0 bridgehead atoms. The third kappa shape index (κ3) is 6.60. The van der Waals surface area contributed by atoms with Crippen molar-refractivity contribution in [3.63, 3.8) is 0 Å². The van der Waals surface area contributed by atoms with E-state index in [1.165, 1.54) is 12.1 Å². The van der Waals surface area contributed by atoms with Crippen LogP contribution in [0.1, 0.15) is 36.2 Å². The molecule has 0 aliphatic heterocycles. The second-order valence-corrected chi connectivity index (χ2v) is 8.09. The summed E-state index contributed by atoms with van der Waals surface area (Å²) < 4.78 is 19.0. The van der Waals surface area contributed by atoms with Gasteiger partial charge < -0.3 is 15.0 Å². The van der Waals surface area contributed by atoms with E-state index in [2.05, 4.69) is 20.5 Å². The monoisotopic (exact) mass is 472 g/mol. The molecule has 0 spiro atoms. The third-order valence-electron chi connectivity index (χ3n) is 5.45. The summed E-state index contributed by atoms with van der Waals surface area (Å²) in [6.07, 6.45) is 0.314. The van der Waals surface area contributed by atoms with Gasteiger partial charge in [0.1, 0.15) is 23.9 Å². The van der Waals surface area contributed by atoms with Crippen molar-refractivity contribution in [2.75, 3.05) is 0 Å². The van der Waals surface area contributed by atoms with E-state index in [-0.39, 0.29) is 48.5 Å². The van der Waals surface area contributed by atoms with Crippen molar-refractivity contribution in [2.45, 2.75) is 32.4 Å². The van der Waals surface area contributed by atoms with E-state index in [0.717, 1.165) is 11.1 Å². The van der Waals surface area contributed by atoms with Crippen LogP contribution in [0.2, 0.25) is 0 Å². The number of aryl methyl sites for hydroxylation is 1. The number of hydrogen-bond donors (Lipinski definition) is 2. The number of hydrogen-bond acceptors (Lipinski definition) is 5. The Kier molecular flexibility index (Phi) is 7.62. The number of ether oxygens (including phenoxy) is 1. The summed E-state index contributed by atoms with van der Waals surface area (Å²) in [5.74, 6) is 0.438. The number of aromatic amines is 1. The highest BCUT2D eigenvalue weighted by atomic mass is 19.1. The van der Waals surface area contributed by atoms with Gasteiger partial charge >= 0.3 is 0 Å². The molecular formula is C27H25FN4O3. The van der Waals surface area contributed by atoms with E-state index >= 15 is 0 Å². The number of carbonyl (C=O) groups excluding carboxylic acids is 1. The molecule has 4 aromatic rings. The lowest BCUT2D eigenvalue weighted by atomic mass is 10.1. The van der Waals surface area contributed by atoms with Gasteiger partial charge in [0, 0.05) is 18.4 Å². The van der Waals surface area contributed by atoms with Crippen LogP contribution in [-0.4, -0.2) is 21.1 Å². The zero-order valence-electron chi connectivity index (χ0n) is 19.2. The van der Waals surface area contributed by atoms with E-state index < -0.39 is 0 Å².